The number of ether oxygens (including phenoxy) is 2. The van der Waals surface area contributed by atoms with Crippen LogP contribution in [0.15, 0.2) is 46.1 Å². The molecule has 3 aromatic rings. The van der Waals surface area contributed by atoms with Crippen molar-refractivity contribution < 1.29 is 14.3 Å². The van der Waals surface area contributed by atoms with E-state index < -0.39 is 0 Å². The fourth-order valence-corrected chi connectivity index (χ4v) is 3.65. The summed E-state index contributed by atoms with van der Waals surface area (Å²) in [6.07, 6.45) is 0. The molecule has 0 N–H and O–H groups in total. The first-order chi connectivity index (χ1) is 12.7. The van der Waals surface area contributed by atoms with Crippen LogP contribution in [0.3, 0.4) is 0 Å². The van der Waals surface area contributed by atoms with E-state index >= 15 is 0 Å². The van der Waals surface area contributed by atoms with Crippen LogP contribution in [0.25, 0.3) is 4.96 Å². The van der Waals surface area contributed by atoms with E-state index in [-0.39, 0.29) is 23.9 Å². The molecule has 136 valence electrons. The molecule has 0 aliphatic rings. The molecule has 26 heavy (non-hydrogen) atoms. The lowest BCUT2D eigenvalue weighted by atomic mass is 10.4. The molecule has 0 amide bonds. The zero-order chi connectivity index (χ0) is 18.4. The second-order valence-corrected chi connectivity index (χ2v) is 7.26. The second-order valence-electron chi connectivity index (χ2n) is 5.18. The topological polar surface area (TPSA) is 82.8 Å². The van der Waals surface area contributed by atoms with Crippen molar-refractivity contribution in [1.82, 2.24) is 14.6 Å². The van der Waals surface area contributed by atoms with E-state index in [0.717, 1.165) is 4.90 Å². The Morgan fingerprint density at radius 3 is 2.85 bits per heavy atom. The van der Waals surface area contributed by atoms with Crippen LogP contribution in [0.5, 0.6) is 0 Å². The summed E-state index contributed by atoms with van der Waals surface area (Å²) in [6.45, 7) is 2.75. The summed E-state index contributed by atoms with van der Waals surface area (Å²) >= 11 is 2.68. The first-order valence-electron chi connectivity index (χ1n) is 7.95. The zero-order valence-corrected chi connectivity index (χ0v) is 15.7. The van der Waals surface area contributed by atoms with Crippen molar-refractivity contribution in [2.75, 3.05) is 12.4 Å². The molecule has 0 saturated carbocycles. The highest BCUT2D eigenvalue weighted by Crippen LogP contribution is 2.17. The molecule has 7 nitrogen and oxygen atoms in total. The van der Waals surface area contributed by atoms with E-state index in [0.29, 0.717) is 28.9 Å². The van der Waals surface area contributed by atoms with Crippen molar-refractivity contribution in [1.29, 1.82) is 0 Å². The quantitative estimate of drug-likeness (QED) is 0.431. The lowest BCUT2D eigenvalue weighted by molar-refractivity contribution is -0.141. The summed E-state index contributed by atoms with van der Waals surface area (Å²) in [5.41, 5.74) is 0.0957. The summed E-state index contributed by atoms with van der Waals surface area (Å²) in [5, 5.41) is 4.84. The minimum absolute atomic E-state index is 0.0430. The number of esters is 1. The Morgan fingerprint density at radius 2 is 2.08 bits per heavy atom. The van der Waals surface area contributed by atoms with Crippen LogP contribution in [-0.2, 0) is 27.5 Å². The van der Waals surface area contributed by atoms with Crippen molar-refractivity contribution in [3.8, 4) is 0 Å². The molecule has 1 aromatic carbocycles. The number of aromatic nitrogens is 3. The molecule has 0 aliphatic heterocycles. The molecule has 0 unspecified atom stereocenters. The number of nitrogens with zero attached hydrogens (tertiary/aromatic N) is 3. The number of hydrogen-bond donors (Lipinski definition) is 0. The largest absolute Gasteiger partial charge is 0.459 e. The van der Waals surface area contributed by atoms with Gasteiger partial charge in [0.25, 0.3) is 5.56 Å². The van der Waals surface area contributed by atoms with Gasteiger partial charge in [0.05, 0.1) is 11.4 Å². The number of carbonyl (C=O) groups is 1. The van der Waals surface area contributed by atoms with Crippen LogP contribution < -0.4 is 5.56 Å². The normalized spacial score (nSPS) is 11.0. The summed E-state index contributed by atoms with van der Waals surface area (Å²) < 4.78 is 11.7. The van der Waals surface area contributed by atoms with Gasteiger partial charge in [-0.15, -0.1) is 11.8 Å². The molecule has 0 saturated heterocycles. The highest BCUT2D eigenvalue weighted by atomic mass is 32.2. The van der Waals surface area contributed by atoms with Gasteiger partial charge in [0.1, 0.15) is 18.2 Å². The van der Waals surface area contributed by atoms with Crippen LogP contribution in [0.4, 0.5) is 0 Å². The molecule has 0 fully saturated rings. The van der Waals surface area contributed by atoms with Crippen molar-refractivity contribution in [3.05, 3.63) is 57.5 Å². The Bertz CT molecular complexity index is 940. The predicted molar refractivity (Wildman–Crippen MR) is 99.4 cm³/mol. The first-order valence-corrected chi connectivity index (χ1v) is 9.76. The molecule has 2 aromatic heterocycles. The third-order valence-corrected chi connectivity index (χ3v) is 5.12. The van der Waals surface area contributed by atoms with Crippen LogP contribution in [-0.4, -0.2) is 32.9 Å². The molecule has 0 radical (unpaired) electrons. The van der Waals surface area contributed by atoms with Gasteiger partial charge < -0.3 is 9.47 Å². The number of benzene rings is 1. The number of thioether (sulfide) groups is 1. The van der Waals surface area contributed by atoms with Gasteiger partial charge in [-0.25, -0.2) is 4.98 Å². The van der Waals surface area contributed by atoms with Crippen molar-refractivity contribution in [2.45, 2.75) is 25.0 Å². The molecule has 2 heterocycles. The van der Waals surface area contributed by atoms with E-state index in [1.54, 1.807) is 0 Å². The van der Waals surface area contributed by atoms with Crippen LogP contribution >= 0.6 is 23.1 Å². The summed E-state index contributed by atoms with van der Waals surface area (Å²) in [5.74, 6) is -0.160. The molecule has 0 atom stereocenters. The van der Waals surface area contributed by atoms with Gasteiger partial charge in [0.2, 0.25) is 4.96 Å². The Kier molecular flexibility index (Phi) is 6.37. The smallest absolute Gasteiger partial charge is 0.316 e. The fourth-order valence-electron chi connectivity index (χ4n) is 2.07. The average molecular weight is 391 g/mol. The molecular weight excluding hydrogens is 374 g/mol. The van der Waals surface area contributed by atoms with Gasteiger partial charge >= 0.3 is 5.97 Å². The highest BCUT2D eigenvalue weighted by molar-refractivity contribution is 8.00. The summed E-state index contributed by atoms with van der Waals surface area (Å²) in [6, 6.07) is 10.9. The average Bonchev–Trinajstić information content (AvgIpc) is 3.07. The van der Waals surface area contributed by atoms with Gasteiger partial charge in [0.15, 0.2) is 0 Å². The van der Waals surface area contributed by atoms with Gasteiger partial charge in [-0.05, 0) is 19.1 Å². The molecule has 0 bridgehead atoms. The maximum Gasteiger partial charge on any atom is 0.316 e. The Morgan fingerprint density at radius 1 is 1.27 bits per heavy atom. The van der Waals surface area contributed by atoms with E-state index in [1.807, 2.05) is 37.3 Å². The summed E-state index contributed by atoms with van der Waals surface area (Å²) in [4.78, 5) is 29.8. The molecule has 0 spiro atoms. The Hall–Kier alpha value is -2.23. The van der Waals surface area contributed by atoms with Crippen LogP contribution in [0.1, 0.15) is 17.6 Å². The number of fused-ring (bicyclic) bond motifs is 1. The SMILES string of the molecule is CCOCc1nn2c(=O)cc(COC(=O)CSc3ccccc3)nc2s1. The molecule has 9 heteroatoms. The Balaban J connectivity index is 1.59. The number of hydrogen-bond acceptors (Lipinski definition) is 8. The van der Waals surface area contributed by atoms with Gasteiger partial charge in [0, 0.05) is 17.6 Å². The number of rotatable bonds is 8. The fraction of sp³-hybridized carbons (Fsp3) is 0.294. The number of carbonyl (C=O) groups excluding carboxylic acids is 1. The van der Waals surface area contributed by atoms with Gasteiger partial charge in [-0.3, -0.25) is 9.59 Å². The second kappa shape index (κ2) is 8.93. The zero-order valence-electron chi connectivity index (χ0n) is 14.1. The Labute approximate surface area is 158 Å². The van der Waals surface area contributed by atoms with E-state index in [1.165, 1.54) is 33.7 Å². The van der Waals surface area contributed by atoms with Crippen molar-refractivity contribution in [3.63, 3.8) is 0 Å². The maximum atomic E-state index is 12.1. The lowest BCUT2D eigenvalue weighted by Gasteiger charge is -2.04. The minimum atomic E-state index is -0.359. The van der Waals surface area contributed by atoms with Crippen LogP contribution in [0.2, 0.25) is 0 Å². The molecule has 3 rings (SSSR count). The molecular formula is C17H17N3O4S2. The standard InChI is InChI=1S/C17H17N3O4S2/c1-2-23-10-14-19-20-15(21)8-12(18-17(20)26-14)9-24-16(22)11-25-13-6-4-3-5-7-13/h3-8H,2,9-11H2,1H3. The first kappa shape index (κ1) is 18.6. The van der Waals surface area contributed by atoms with Gasteiger partial charge in [-0.1, -0.05) is 29.5 Å². The third-order valence-electron chi connectivity index (χ3n) is 3.25. The highest BCUT2D eigenvalue weighted by Gasteiger charge is 2.11. The van der Waals surface area contributed by atoms with Crippen molar-refractivity contribution >= 4 is 34.0 Å². The van der Waals surface area contributed by atoms with Crippen molar-refractivity contribution in [2.24, 2.45) is 0 Å². The van der Waals surface area contributed by atoms with E-state index in [4.69, 9.17) is 9.47 Å². The van der Waals surface area contributed by atoms with Crippen LogP contribution in [0, 0.1) is 0 Å². The maximum absolute atomic E-state index is 12.1. The monoisotopic (exact) mass is 391 g/mol. The minimum Gasteiger partial charge on any atom is -0.459 e. The predicted octanol–water partition coefficient (Wildman–Crippen LogP) is 2.52. The molecule has 0 aliphatic carbocycles. The lowest BCUT2D eigenvalue weighted by Crippen LogP contribution is -2.17. The van der Waals surface area contributed by atoms with E-state index in [2.05, 4.69) is 10.1 Å². The summed E-state index contributed by atoms with van der Waals surface area (Å²) in [7, 11) is 0. The van der Waals surface area contributed by atoms with E-state index in [9.17, 15) is 9.59 Å². The van der Waals surface area contributed by atoms with Gasteiger partial charge in [-0.2, -0.15) is 9.61 Å². The third kappa shape index (κ3) is 4.90.